The van der Waals surface area contributed by atoms with Crippen LogP contribution in [-0.2, 0) is 32.5 Å². The van der Waals surface area contributed by atoms with Crippen LogP contribution in [-0.4, -0.2) is 74.0 Å². The Labute approximate surface area is 186 Å². The van der Waals surface area contributed by atoms with Crippen LogP contribution in [0.3, 0.4) is 0 Å². The highest BCUT2D eigenvalue weighted by Crippen LogP contribution is 2.65. The Kier molecular flexibility index (Phi) is 12.2. The molecule has 0 saturated heterocycles. The van der Waals surface area contributed by atoms with Gasteiger partial charge in [0.2, 0.25) is 0 Å². The highest BCUT2D eigenvalue weighted by atomic mass is 31.2. The van der Waals surface area contributed by atoms with Gasteiger partial charge < -0.3 is 9.47 Å². The van der Waals surface area contributed by atoms with Crippen molar-refractivity contribution < 1.29 is 32.5 Å². The van der Waals surface area contributed by atoms with E-state index in [1.807, 2.05) is 0 Å². The Hall–Kier alpha value is -1.24. The second-order valence-electron chi connectivity index (χ2n) is 7.93. The minimum Gasteiger partial charge on any atom is -0.468 e. The molecular weight excluding hydrogens is 442 g/mol. The second kappa shape index (κ2) is 12.7. The molecule has 9 nitrogen and oxygen atoms in total. The maximum absolute atomic E-state index is 13.7. The SMILES string of the molecule is C=CCN([C@H](C(=O)OC)C(C)C)[P@@](C)(=O)O[P@@](C)(=O)N(CC=C)[C@H](C(=O)OC)C(C)C. The molecule has 0 heterocycles. The predicted octanol–water partition coefficient (Wildman–Crippen LogP) is 4.02. The smallest absolute Gasteiger partial charge is 0.323 e. The Bertz CT molecular complexity index is 679. The van der Waals surface area contributed by atoms with Gasteiger partial charge in [-0.15, -0.1) is 13.2 Å². The zero-order valence-corrected chi connectivity index (χ0v) is 21.7. The maximum Gasteiger partial charge on any atom is 0.323 e. The number of ether oxygens (including phenoxy) is 2. The van der Waals surface area contributed by atoms with Crippen molar-refractivity contribution in [1.82, 2.24) is 9.34 Å². The number of hydrogen-bond donors (Lipinski definition) is 0. The second-order valence-corrected chi connectivity index (χ2v) is 12.8. The molecule has 0 fully saturated rings. The van der Waals surface area contributed by atoms with Gasteiger partial charge in [-0.1, -0.05) is 39.8 Å². The number of nitrogens with zero attached hydrogens (tertiary/aromatic N) is 2. The third-order valence-electron chi connectivity index (χ3n) is 4.66. The summed E-state index contributed by atoms with van der Waals surface area (Å²) in [5.74, 6) is -1.73. The molecule has 0 aliphatic heterocycles. The third kappa shape index (κ3) is 7.99. The lowest BCUT2D eigenvalue weighted by atomic mass is 10.0. The van der Waals surface area contributed by atoms with E-state index < -0.39 is 39.1 Å². The number of esters is 2. The molecule has 0 bridgehead atoms. The van der Waals surface area contributed by atoms with E-state index in [-0.39, 0.29) is 24.9 Å². The Morgan fingerprint density at radius 3 is 1.29 bits per heavy atom. The van der Waals surface area contributed by atoms with Crippen LogP contribution >= 0.6 is 15.0 Å². The molecule has 4 atom stereocenters. The summed E-state index contributed by atoms with van der Waals surface area (Å²) < 4.78 is 45.6. The quantitative estimate of drug-likeness (QED) is 0.207. The summed E-state index contributed by atoms with van der Waals surface area (Å²) in [6.45, 7) is 17.1. The van der Waals surface area contributed by atoms with Crippen LogP contribution in [0.1, 0.15) is 27.7 Å². The molecule has 0 aromatic heterocycles. The van der Waals surface area contributed by atoms with E-state index >= 15 is 0 Å². The van der Waals surface area contributed by atoms with Gasteiger partial charge in [-0.05, 0) is 11.8 Å². The first-order chi connectivity index (χ1) is 14.2. The normalized spacial score (nSPS) is 17.7. The van der Waals surface area contributed by atoms with Gasteiger partial charge in [-0.2, -0.15) is 0 Å². The molecule has 180 valence electrons. The van der Waals surface area contributed by atoms with Gasteiger partial charge in [0, 0.05) is 26.4 Å². The first kappa shape index (κ1) is 29.8. The van der Waals surface area contributed by atoms with Crippen LogP contribution in [0.5, 0.6) is 0 Å². The van der Waals surface area contributed by atoms with E-state index in [1.165, 1.54) is 49.0 Å². The topological polar surface area (TPSA) is 102 Å². The van der Waals surface area contributed by atoms with Gasteiger partial charge in [0.1, 0.15) is 12.1 Å². The molecule has 0 saturated carbocycles. The molecule has 0 rings (SSSR count). The van der Waals surface area contributed by atoms with E-state index in [1.54, 1.807) is 27.7 Å². The first-order valence-corrected chi connectivity index (χ1v) is 14.0. The Morgan fingerprint density at radius 1 is 0.806 bits per heavy atom. The summed E-state index contributed by atoms with van der Waals surface area (Å²) in [5.41, 5.74) is 0. The first-order valence-electron chi connectivity index (χ1n) is 9.99. The van der Waals surface area contributed by atoms with E-state index in [0.717, 1.165) is 0 Å². The van der Waals surface area contributed by atoms with Crippen molar-refractivity contribution in [2.75, 3.05) is 40.6 Å². The summed E-state index contributed by atoms with van der Waals surface area (Å²) in [4.78, 5) is 24.8. The zero-order valence-electron chi connectivity index (χ0n) is 19.9. The van der Waals surface area contributed by atoms with Crippen molar-refractivity contribution in [1.29, 1.82) is 0 Å². The summed E-state index contributed by atoms with van der Waals surface area (Å²) in [6.07, 6.45) is 2.95. The number of carbonyl (C=O) groups is 2. The molecule has 0 unspecified atom stereocenters. The molecule has 0 spiro atoms. The van der Waals surface area contributed by atoms with Crippen molar-refractivity contribution in [3.63, 3.8) is 0 Å². The van der Waals surface area contributed by atoms with E-state index in [0.29, 0.717) is 0 Å². The summed E-state index contributed by atoms with van der Waals surface area (Å²) in [6, 6.07) is -1.82. The third-order valence-corrected chi connectivity index (χ3v) is 9.77. The summed E-state index contributed by atoms with van der Waals surface area (Å²) in [5, 5.41) is 0. The molecule has 0 aromatic rings. The van der Waals surface area contributed by atoms with Crippen LogP contribution in [0.15, 0.2) is 25.3 Å². The monoisotopic (exact) mass is 480 g/mol. The van der Waals surface area contributed by atoms with Gasteiger partial charge in [0.25, 0.3) is 15.0 Å². The largest absolute Gasteiger partial charge is 0.468 e. The minimum atomic E-state index is -3.83. The minimum absolute atomic E-state index is 0.0395. The molecule has 0 radical (unpaired) electrons. The maximum atomic E-state index is 13.7. The molecular formula is C20H38N2O7P2. The van der Waals surface area contributed by atoms with Crippen molar-refractivity contribution in [3.8, 4) is 0 Å². The van der Waals surface area contributed by atoms with Gasteiger partial charge in [0.15, 0.2) is 0 Å². The van der Waals surface area contributed by atoms with E-state index in [2.05, 4.69) is 13.2 Å². The lowest BCUT2D eigenvalue weighted by molar-refractivity contribution is -0.147. The van der Waals surface area contributed by atoms with Crippen molar-refractivity contribution in [2.24, 2.45) is 11.8 Å². The van der Waals surface area contributed by atoms with Crippen LogP contribution in [0.25, 0.3) is 0 Å². The lowest BCUT2D eigenvalue weighted by Gasteiger charge is -2.40. The molecule has 0 aromatic carbocycles. The summed E-state index contributed by atoms with van der Waals surface area (Å²) >= 11 is 0. The van der Waals surface area contributed by atoms with Crippen molar-refractivity contribution in [2.45, 2.75) is 39.8 Å². The highest BCUT2D eigenvalue weighted by molar-refractivity contribution is 7.69. The van der Waals surface area contributed by atoms with Gasteiger partial charge in [-0.3, -0.25) is 18.7 Å². The van der Waals surface area contributed by atoms with Gasteiger partial charge in [-0.25, -0.2) is 13.7 Å². The Morgan fingerprint density at radius 2 is 1.10 bits per heavy atom. The van der Waals surface area contributed by atoms with Crippen LogP contribution in [0, 0.1) is 11.8 Å². The summed E-state index contributed by atoms with van der Waals surface area (Å²) in [7, 11) is -5.18. The molecule has 0 aliphatic carbocycles. The van der Waals surface area contributed by atoms with Crippen LogP contribution in [0.2, 0.25) is 0 Å². The van der Waals surface area contributed by atoms with Crippen molar-refractivity contribution in [3.05, 3.63) is 25.3 Å². The zero-order chi connectivity index (χ0) is 24.6. The average molecular weight is 480 g/mol. The highest BCUT2D eigenvalue weighted by Gasteiger charge is 2.46. The standard InChI is InChI=1S/C20H38N2O7P2/c1-11-13-21(17(15(3)4)19(23)27-7)30(9,25)29-31(10,26)22(14-12-2)18(16(5)6)20(24)28-8/h11-12,15-18H,1-2,13-14H2,3-10H3/t17-,18-,30-,31+/m0/s1. The number of rotatable bonds is 14. The Balaban J connectivity index is 6.32. The molecule has 11 heteroatoms. The number of hydrogen-bond acceptors (Lipinski definition) is 7. The van der Waals surface area contributed by atoms with E-state index in [4.69, 9.17) is 13.8 Å². The molecule has 31 heavy (non-hydrogen) atoms. The fourth-order valence-corrected chi connectivity index (χ4v) is 8.78. The molecule has 0 N–H and O–H groups in total. The fourth-order valence-electron chi connectivity index (χ4n) is 3.33. The molecule has 0 aliphatic rings. The van der Waals surface area contributed by atoms with Crippen LogP contribution in [0.4, 0.5) is 0 Å². The molecule has 0 amide bonds. The van der Waals surface area contributed by atoms with E-state index in [9.17, 15) is 18.7 Å². The lowest BCUT2D eigenvalue weighted by Crippen LogP contribution is -2.45. The van der Waals surface area contributed by atoms with Crippen LogP contribution < -0.4 is 0 Å². The van der Waals surface area contributed by atoms with Gasteiger partial charge in [0.05, 0.1) is 14.2 Å². The predicted molar refractivity (Wildman–Crippen MR) is 123 cm³/mol. The number of carbonyl (C=O) groups excluding carboxylic acids is 2. The number of methoxy groups -OCH3 is 2. The van der Waals surface area contributed by atoms with Crippen molar-refractivity contribution >= 4 is 27.0 Å². The fraction of sp³-hybridized carbons (Fsp3) is 0.700. The van der Waals surface area contributed by atoms with Gasteiger partial charge >= 0.3 is 11.9 Å². The average Bonchev–Trinajstić information content (AvgIpc) is 2.65.